The summed E-state index contributed by atoms with van der Waals surface area (Å²) < 4.78 is 0. The van der Waals surface area contributed by atoms with Crippen LogP contribution in [0, 0.1) is 0 Å². The molecule has 1 saturated heterocycles. The summed E-state index contributed by atoms with van der Waals surface area (Å²) in [6.45, 7) is 6.42. The van der Waals surface area contributed by atoms with Gasteiger partial charge in [-0.3, -0.25) is 4.79 Å². The highest BCUT2D eigenvalue weighted by molar-refractivity contribution is 5.77. The van der Waals surface area contributed by atoms with Crippen LogP contribution in [-0.4, -0.2) is 37.0 Å². The van der Waals surface area contributed by atoms with Crippen molar-refractivity contribution >= 4 is 5.91 Å². The number of nitrogens with one attached hydrogen (secondary N) is 1. The maximum absolute atomic E-state index is 11.5. The van der Waals surface area contributed by atoms with Crippen molar-refractivity contribution in [3.05, 3.63) is 0 Å². The molecule has 1 fully saturated rings. The molecule has 1 rings (SSSR count). The second-order valence-corrected chi connectivity index (χ2v) is 7.48. The molecule has 0 saturated carbocycles. The molecule has 0 aromatic rings. The second kappa shape index (κ2) is 15.9. The third-order valence-electron chi connectivity index (χ3n) is 5.16. The zero-order chi connectivity index (χ0) is 17.3. The summed E-state index contributed by atoms with van der Waals surface area (Å²) >= 11 is 0. The summed E-state index contributed by atoms with van der Waals surface area (Å²) in [6.07, 6.45) is 19.9. The van der Waals surface area contributed by atoms with E-state index in [0.29, 0.717) is 5.91 Å². The topological polar surface area (TPSA) is 32.3 Å². The van der Waals surface area contributed by atoms with Gasteiger partial charge in [0.1, 0.15) is 0 Å². The van der Waals surface area contributed by atoms with Crippen LogP contribution in [0.3, 0.4) is 0 Å². The number of unbranched alkanes of at least 4 members (excludes halogenated alkanes) is 11. The summed E-state index contributed by atoms with van der Waals surface area (Å²) in [7, 11) is 0. The van der Waals surface area contributed by atoms with Gasteiger partial charge < -0.3 is 10.2 Å². The zero-order valence-corrected chi connectivity index (χ0v) is 16.3. The SMILES string of the molecule is CCCCCCCCCCCCCCNCCCN1CCCC1=O. The third kappa shape index (κ3) is 11.9. The van der Waals surface area contributed by atoms with E-state index in [4.69, 9.17) is 0 Å². The van der Waals surface area contributed by atoms with Crippen molar-refractivity contribution in [1.82, 2.24) is 10.2 Å². The number of carbonyl (C=O) groups is 1. The van der Waals surface area contributed by atoms with Crippen LogP contribution >= 0.6 is 0 Å². The highest BCUT2D eigenvalue weighted by Gasteiger charge is 2.18. The minimum Gasteiger partial charge on any atom is -0.343 e. The molecule has 24 heavy (non-hydrogen) atoms. The maximum Gasteiger partial charge on any atom is 0.222 e. The van der Waals surface area contributed by atoms with Crippen LogP contribution in [-0.2, 0) is 4.79 Å². The molecule has 142 valence electrons. The van der Waals surface area contributed by atoms with Crippen molar-refractivity contribution in [2.24, 2.45) is 0 Å². The molecule has 3 heteroatoms. The summed E-state index contributed by atoms with van der Waals surface area (Å²) in [6, 6.07) is 0. The lowest BCUT2D eigenvalue weighted by Crippen LogP contribution is -2.28. The Hall–Kier alpha value is -0.570. The van der Waals surface area contributed by atoms with Crippen LogP contribution in [0.25, 0.3) is 0 Å². The molecule has 0 spiro atoms. The lowest BCUT2D eigenvalue weighted by Gasteiger charge is -2.15. The molecular weight excluding hydrogens is 296 g/mol. The van der Waals surface area contributed by atoms with E-state index in [1.54, 1.807) is 0 Å². The van der Waals surface area contributed by atoms with Crippen LogP contribution in [0.15, 0.2) is 0 Å². The molecule has 1 aliphatic rings. The Balaban J connectivity index is 1.68. The van der Waals surface area contributed by atoms with Gasteiger partial charge >= 0.3 is 0 Å². The molecule has 0 aromatic heterocycles. The minimum atomic E-state index is 0.357. The molecule has 1 N–H and O–H groups in total. The van der Waals surface area contributed by atoms with Crippen LogP contribution < -0.4 is 5.32 Å². The van der Waals surface area contributed by atoms with Gasteiger partial charge in [0.05, 0.1) is 0 Å². The van der Waals surface area contributed by atoms with Crippen LogP contribution in [0.1, 0.15) is 103 Å². The van der Waals surface area contributed by atoms with E-state index in [9.17, 15) is 4.79 Å². The Kier molecular flexibility index (Phi) is 14.3. The van der Waals surface area contributed by atoms with E-state index in [2.05, 4.69) is 12.2 Å². The van der Waals surface area contributed by atoms with Gasteiger partial charge in [0.15, 0.2) is 0 Å². The van der Waals surface area contributed by atoms with Gasteiger partial charge in [0.2, 0.25) is 5.91 Å². The molecule has 3 nitrogen and oxygen atoms in total. The van der Waals surface area contributed by atoms with E-state index in [1.807, 2.05) is 4.90 Å². The third-order valence-corrected chi connectivity index (χ3v) is 5.16. The first kappa shape index (κ1) is 21.5. The summed E-state index contributed by atoms with van der Waals surface area (Å²) in [5, 5.41) is 3.52. The number of rotatable bonds is 17. The highest BCUT2D eigenvalue weighted by atomic mass is 16.2. The number of carbonyl (C=O) groups excluding carboxylic acids is 1. The largest absolute Gasteiger partial charge is 0.343 e. The lowest BCUT2D eigenvalue weighted by molar-refractivity contribution is -0.127. The van der Waals surface area contributed by atoms with Gasteiger partial charge in [0.25, 0.3) is 0 Å². The van der Waals surface area contributed by atoms with Crippen molar-refractivity contribution in [1.29, 1.82) is 0 Å². The first-order chi connectivity index (χ1) is 11.8. The van der Waals surface area contributed by atoms with Crippen molar-refractivity contribution < 1.29 is 4.79 Å². The predicted molar refractivity (Wildman–Crippen MR) is 104 cm³/mol. The van der Waals surface area contributed by atoms with Gasteiger partial charge in [-0.1, -0.05) is 77.6 Å². The van der Waals surface area contributed by atoms with E-state index in [-0.39, 0.29) is 0 Å². The van der Waals surface area contributed by atoms with E-state index in [1.165, 1.54) is 77.0 Å². The van der Waals surface area contributed by atoms with Crippen molar-refractivity contribution in [2.45, 2.75) is 103 Å². The Morgan fingerprint density at radius 1 is 0.792 bits per heavy atom. The Labute approximate surface area is 151 Å². The van der Waals surface area contributed by atoms with Crippen LogP contribution in [0.5, 0.6) is 0 Å². The predicted octanol–water partition coefficient (Wildman–Crippen LogP) is 5.29. The molecule has 1 amide bonds. The number of nitrogens with zero attached hydrogens (tertiary/aromatic N) is 1. The molecule has 0 atom stereocenters. The first-order valence-corrected chi connectivity index (χ1v) is 10.8. The molecule has 0 unspecified atom stereocenters. The molecule has 1 aliphatic heterocycles. The van der Waals surface area contributed by atoms with E-state index in [0.717, 1.165) is 45.4 Å². The summed E-state index contributed by atoms with van der Waals surface area (Å²) in [5.41, 5.74) is 0. The van der Waals surface area contributed by atoms with Gasteiger partial charge in [-0.25, -0.2) is 0 Å². The van der Waals surface area contributed by atoms with Crippen molar-refractivity contribution in [3.63, 3.8) is 0 Å². The minimum absolute atomic E-state index is 0.357. The molecule has 1 heterocycles. The summed E-state index contributed by atoms with van der Waals surface area (Å²) in [4.78, 5) is 13.5. The fourth-order valence-electron chi connectivity index (χ4n) is 3.55. The second-order valence-electron chi connectivity index (χ2n) is 7.48. The van der Waals surface area contributed by atoms with Gasteiger partial charge in [-0.2, -0.15) is 0 Å². The van der Waals surface area contributed by atoms with Crippen molar-refractivity contribution in [3.8, 4) is 0 Å². The molecule has 0 aliphatic carbocycles. The fraction of sp³-hybridized carbons (Fsp3) is 0.952. The lowest BCUT2D eigenvalue weighted by atomic mass is 10.1. The van der Waals surface area contributed by atoms with Gasteiger partial charge in [-0.15, -0.1) is 0 Å². The monoisotopic (exact) mass is 338 g/mol. The average Bonchev–Trinajstić information content (AvgIpc) is 2.99. The van der Waals surface area contributed by atoms with Crippen LogP contribution in [0.2, 0.25) is 0 Å². The van der Waals surface area contributed by atoms with Crippen LogP contribution in [0.4, 0.5) is 0 Å². The zero-order valence-electron chi connectivity index (χ0n) is 16.3. The normalized spacial score (nSPS) is 14.7. The number of hydrogen-bond acceptors (Lipinski definition) is 2. The molecule has 0 radical (unpaired) electrons. The van der Waals surface area contributed by atoms with E-state index < -0.39 is 0 Å². The number of hydrogen-bond donors (Lipinski definition) is 1. The fourth-order valence-corrected chi connectivity index (χ4v) is 3.55. The summed E-state index contributed by atoms with van der Waals surface area (Å²) in [5.74, 6) is 0.357. The highest BCUT2D eigenvalue weighted by Crippen LogP contribution is 2.12. The molecular formula is C21H42N2O. The smallest absolute Gasteiger partial charge is 0.222 e. The molecule has 0 bridgehead atoms. The first-order valence-electron chi connectivity index (χ1n) is 10.8. The number of likely N-dealkylation sites (tertiary alicyclic amines) is 1. The van der Waals surface area contributed by atoms with Gasteiger partial charge in [0, 0.05) is 19.5 Å². The average molecular weight is 339 g/mol. The van der Waals surface area contributed by atoms with Crippen molar-refractivity contribution in [2.75, 3.05) is 26.2 Å². The van der Waals surface area contributed by atoms with E-state index >= 15 is 0 Å². The molecule has 0 aromatic carbocycles. The Bertz CT molecular complexity index is 294. The number of amides is 1. The van der Waals surface area contributed by atoms with Gasteiger partial charge in [-0.05, 0) is 32.4 Å². The Morgan fingerprint density at radius 3 is 1.88 bits per heavy atom. The maximum atomic E-state index is 11.5. The standard InChI is InChI=1S/C21H42N2O/c1-2-3-4-5-6-7-8-9-10-11-12-13-17-22-18-15-20-23-19-14-16-21(23)24/h22H,2-20H2,1H3. The quantitative estimate of drug-likeness (QED) is 0.365. The Morgan fingerprint density at radius 2 is 1.33 bits per heavy atom.